The Morgan fingerprint density at radius 3 is 1.93 bits per heavy atom. The summed E-state index contributed by atoms with van der Waals surface area (Å²) in [5, 5.41) is 5.45. The van der Waals surface area contributed by atoms with Crippen LogP contribution >= 0.6 is 22.7 Å². The molecule has 0 spiro atoms. The molecule has 2 heteroatoms. The Labute approximate surface area is 246 Å². The van der Waals surface area contributed by atoms with Gasteiger partial charge in [-0.1, -0.05) is 115 Å². The van der Waals surface area contributed by atoms with E-state index in [1.807, 2.05) is 22.7 Å². The first-order valence-corrected chi connectivity index (χ1v) is 15.7. The summed E-state index contributed by atoms with van der Waals surface area (Å²) in [5.74, 6) is 0. The van der Waals surface area contributed by atoms with E-state index >= 15 is 0 Å². The number of hydrogen-bond donors (Lipinski definition) is 0. The van der Waals surface area contributed by atoms with Crippen LogP contribution in [0.1, 0.15) is 16.7 Å². The zero-order valence-electron chi connectivity index (χ0n) is 22.2. The van der Waals surface area contributed by atoms with Crippen LogP contribution in [0.3, 0.4) is 0 Å². The second-order valence-corrected chi connectivity index (χ2v) is 13.0. The molecule has 6 aromatic carbocycles. The molecule has 1 aliphatic rings. The van der Waals surface area contributed by atoms with E-state index in [-0.39, 0.29) is 0 Å². The topological polar surface area (TPSA) is 0 Å². The van der Waals surface area contributed by atoms with Crippen LogP contribution in [0.2, 0.25) is 0 Å². The van der Waals surface area contributed by atoms with Crippen LogP contribution in [0.5, 0.6) is 0 Å². The molecule has 0 saturated carbocycles. The van der Waals surface area contributed by atoms with E-state index in [1.54, 1.807) is 0 Å². The lowest BCUT2D eigenvalue weighted by Crippen LogP contribution is -1.92. The number of allylic oxidation sites excluding steroid dienone is 1. The van der Waals surface area contributed by atoms with Crippen LogP contribution in [0.15, 0.2) is 127 Å². The number of thiophene rings is 2. The second-order valence-electron chi connectivity index (χ2n) is 10.8. The minimum atomic E-state index is 0.912. The van der Waals surface area contributed by atoms with Crippen molar-refractivity contribution in [1.29, 1.82) is 0 Å². The Hall–Kier alpha value is -4.50. The first kappa shape index (κ1) is 23.2. The van der Waals surface area contributed by atoms with Crippen molar-refractivity contribution in [2.45, 2.75) is 6.42 Å². The summed E-state index contributed by atoms with van der Waals surface area (Å²) in [6.45, 7) is 0. The van der Waals surface area contributed by atoms with Gasteiger partial charge in [-0.2, -0.15) is 0 Å². The molecule has 0 bridgehead atoms. The van der Waals surface area contributed by atoms with E-state index in [1.165, 1.54) is 84.9 Å². The monoisotopic (exact) mass is 556 g/mol. The highest BCUT2D eigenvalue weighted by Gasteiger charge is 2.21. The summed E-state index contributed by atoms with van der Waals surface area (Å²) in [4.78, 5) is 0. The first-order valence-electron chi connectivity index (χ1n) is 14.1. The van der Waals surface area contributed by atoms with Gasteiger partial charge in [0.05, 0.1) is 0 Å². The lowest BCUT2D eigenvalue weighted by molar-refractivity contribution is 1.30. The van der Waals surface area contributed by atoms with E-state index in [2.05, 4.69) is 133 Å². The molecule has 0 N–H and O–H groups in total. The van der Waals surface area contributed by atoms with Gasteiger partial charge in [-0.25, -0.2) is 0 Å². The third-order valence-electron chi connectivity index (χ3n) is 8.54. The Bertz CT molecular complexity index is 2340. The average molecular weight is 557 g/mol. The largest absolute Gasteiger partial charge is 0.135 e. The Morgan fingerprint density at radius 2 is 1.02 bits per heavy atom. The average Bonchev–Trinajstić information content (AvgIpc) is 3.55. The van der Waals surface area contributed by atoms with Crippen LogP contribution in [0.25, 0.3) is 74.2 Å². The number of rotatable bonds is 2. The van der Waals surface area contributed by atoms with Crippen molar-refractivity contribution in [3.8, 4) is 22.3 Å². The van der Waals surface area contributed by atoms with Gasteiger partial charge in [0, 0.05) is 45.9 Å². The van der Waals surface area contributed by atoms with Gasteiger partial charge in [0.15, 0.2) is 0 Å². The quantitative estimate of drug-likeness (QED) is 0.199. The van der Waals surface area contributed by atoms with Crippen molar-refractivity contribution in [2.75, 3.05) is 0 Å². The van der Waals surface area contributed by atoms with Crippen molar-refractivity contribution in [2.24, 2.45) is 0 Å². The summed E-state index contributed by atoms with van der Waals surface area (Å²) >= 11 is 3.82. The third kappa shape index (κ3) is 3.51. The van der Waals surface area contributed by atoms with Crippen molar-refractivity contribution < 1.29 is 0 Å². The molecule has 2 heterocycles. The molecule has 0 radical (unpaired) electrons. The lowest BCUT2D eigenvalue weighted by Gasteiger charge is -2.12. The van der Waals surface area contributed by atoms with Gasteiger partial charge in [0.25, 0.3) is 0 Å². The van der Waals surface area contributed by atoms with Crippen LogP contribution < -0.4 is 0 Å². The van der Waals surface area contributed by atoms with Gasteiger partial charge in [0.1, 0.15) is 0 Å². The fourth-order valence-electron chi connectivity index (χ4n) is 6.74. The van der Waals surface area contributed by atoms with Crippen LogP contribution in [0.4, 0.5) is 0 Å². The fourth-order valence-corrected chi connectivity index (χ4v) is 9.13. The van der Waals surface area contributed by atoms with Gasteiger partial charge in [-0.3, -0.25) is 0 Å². The molecule has 0 fully saturated rings. The number of fused-ring (bicyclic) bond motifs is 9. The van der Waals surface area contributed by atoms with Gasteiger partial charge < -0.3 is 0 Å². The summed E-state index contributed by atoms with van der Waals surface area (Å²) in [5.41, 5.74) is 10.7. The zero-order chi connectivity index (χ0) is 26.9. The number of benzene rings is 6. The van der Waals surface area contributed by atoms with Gasteiger partial charge in [-0.05, 0) is 63.6 Å². The number of hydrogen-bond acceptors (Lipinski definition) is 2. The van der Waals surface area contributed by atoms with E-state index in [9.17, 15) is 0 Å². The molecule has 41 heavy (non-hydrogen) atoms. The van der Waals surface area contributed by atoms with E-state index in [0.29, 0.717) is 0 Å². The Kier molecular flexibility index (Phi) is 5.10. The van der Waals surface area contributed by atoms with Crippen molar-refractivity contribution in [3.63, 3.8) is 0 Å². The summed E-state index contributed by atoms with van der Waals surface area (Å²) in [7, 11) is 0. The standard InChI is InChI=1S/C39H24S2/c1-3-12-27-24(10-1)22-26(23-25-11-2-4-13-28(25)27)29-15-8-20-35-37(29)38-31(16-9-21-36(38)40-35)33-18-7-17-32-30-14-5-6-19-34(30)41-39(32)33/h1-22H,23H2. The summed E-state index contributed by atoms with van der Waals surface area (Å²) in [6, 6.07) is 47.1. The normalized spacial score (nSPS) is 12.9. The van der Waals surface area contributed by atoms with E-state index in [4.69, 9.17) is 0 Å². The maximum Gasteiger partial charge on any atom is 0.0434 e. The van der Waals surface area contributed by atoms with Gasteiger partial charge in [0.2, 0.25) is 0 Å². The molecular weight excluding hydrogens is 533 g/mol. The summed E-state index contributed by atoms with van der Waals surface area (Å²) < 4.78 is 5.41. The van der Waals surface area contributed by atoms with Crippen LogP contribution in [-0.2, 0) is 6.42 Å². The predicted octanol–water partition coefficient (Wildman–Crippen LogP) is 11.9. The first-order chi connectivity index (χ1) is 20.3. The van der Waals surface area contributed by atoms with Crippen molar-refractivity contribution in [1.82, 2.24) is 0 Å². The van der Waals surface area contributed by atoms with Gasteiger partial charge in [-0.15, -0.1) is 22.7 Å². The molecule has 2 aromatic heterocycles. The highest BCUT2D eigenvalue weighted by molar-refractivity contribution is 7.27. The highest BCUT2D eigenvalue weighted by Crippen LogP contribution is 2.48. The molecule has 0 unspecified atom stereocenters. The van der Waals surface area contributed by atoms with Crippen molar-refractivity contribution in [3.05, 3.63) is 144 Å². The van der Waals surface area contributed by atoms with Crippen LogP contribution in [0, 0.1) is 0 Å². The molecule has 192 valence electrons. The van der Waals surface area contributed by atoms with Gasteiger partial charge >= 0.3 is 0 Å². The minimum absolute atomic E-state index is 0.912. The molecule has 1 aliphatic carbocycles. The third-order valence-corrected chi connectivity index (χ3v) is 10.9. The smallest absolute Gasteiger partial charge is 0.0434 e. The Morgan fingerprint density at radius 1 is 0.415 bits per heavy atom. The molecule has 0 aliphatic heterocycles. The second kappa shape index (κ2) is 9.01. The predicted molar refractivity (Wildman–Crippen MR) is 181 cm³/mol. The summed E-state index contributed by atoms with van der Waals surface area (Å²) in [6.07, 6.45) is 3.35. The maximum atomic E-state index is 2.43. The molecule has 8 aromatic rings. The highest BCUT2D eigenvalue weighted by atomic mass is 32.1. The molecule has 0 atom stereocenters. The van der Waals surface area contributed by atoms with Crippen LogP contribution in [-0.4, -0.2) is 0 Å². The van der Waals surface area contributed by atoms with E-state index in [0.717, 1.165) is 6.42 Å². The minimum Gasteiger partial charge on any atom is -0.135 e. The molecule has 0 saturated heterocycles. The lowest BCUT2D eigenvalue weighted by atomic mass is 9.91. The Balaban J connectivity index is 1.35. The fraction of sp³-hybridized carbons (Fsp3) is 0.0256. The molecule has 0 nitrogen and oxygen atoms in total. The van der Waals surface area contributed by atoms with Crippen molar-refractivity contribution >= 4 is 74.7 Å². The maximum absolute atomic E-state index is 2.43. The van der Waals surface area contributed by atoms with E-state index < -0.39 is 0 Å². The molecular formula is C39H24S2. The molecule has 0 amide bonds. The zero-order valence-corrected chi connectivity index (χ0v) is 23.9. The molecule has 9 rings (SSSR count). The SMILES string of the molecule is C1=C(c2cccc3sc4cccc(-c5cccc6c5sc5ccccc56)c4c23)Cc2ccccc2-c2ccccc21.